The third-order valence-corrected chi connectivity index (χ3v) is 5.77. The van der Waals surface area contributed by atoms with Crippen molar-refractivity contribution in [3.63, 3.8) is 0 Å². The van der Waals surface area contributed by atoms with Gasteiger partial charge in [0.25, 0.3) is 11.8 Å². The third-order valence-electron chi connectivity index (χ3n) is 5.77. The number of rotatable bonds is 4. The van der Waals surface area contributed by atoms with E-state index in [-0.39, 0.29) is 17.7 Å². The van der Waals surface area contributed by atoms with Gasteiger partial charge in [-0.15, -0.1) is 5.10 Å². The highest BCUT2D eigenvalue weighted by molar-refractivity contribution is 6.07. The second-order valence-electron chi connectivity index (χ2n) is 7.17. The summed E-state index contributed by atoms with van der Waals surface area (Å²) in [5, 5.41) is 13.1. The van der Waals surface area contributed by atoms with Gasteiger partial charge in [0.15, 0.2) is 5.69 Å². The summed E-state index contributed by atoms with van der Waals surface area (Å²) in [7, 11) is 0. The summed E-state index contributed by atoms with van der Waals surface area (Å²) in [5.41, 5.74) is 0.301. The Bertz CT molecular complexity index is 903. The molecule has 0 spiro atoms. The van der Waals surface area contributed by atoms with Gasteiger partial charge < -0.3 is 10.2 Å². The number of hydrogen-bond donors (Lipinski definition) is 2. The van der Waals surface area contributed by atoms with Gasteiger partial charge in [0.1, 0.15) is 5.54 Å². The average Bonchev–Trinajstić information content (AvgIpc) is 3.33. The lowest BCUT2D eigenvalue weighted by Gasteiger charge is -2.40. The Labute approximate surface area is 162 Å². The highest BCUT2D eigenvalue weighted by Crippen LogP contribution is 2.33. The number of para-hydroxylation sites is 1. The van der Waals surface area contributed by atoms with Gasteiger partial charge in [0, 0.05) is 13.1 Å². The van der Waals surface area contributed by atoms with Crippen molar-refractivity contribution in [3.8, 4) is 5.69 Å². The smallest absolute Gasteiger partial charge is 0.322 e. The molecule has 9 heteroatoms. The van der Waals surface area contributed by atoms with Crippen LogP contribution in [-0.4, -0.2) is 56.4 Å². The molecule has 3 heterocycles. The van der Waals surface area contributed by atoms with Crippen molar-refractivity contribution in [1.29, 1.82) is 0 Å². The molecule has 9 nitrogen and oxygen atoms in total. The maximum absolute atomic E-state index is 13.0. The molecule has 2 aliphatic heterocycles. The molecule has 2 aliphatic rings. The Hall–Kier alpha value is -3.23. The van der Waals surface area contributed by atoms with Gasteiger partial charge in [-0.3, -0.25) is 14.9 Å². The molecule has 1 aromatic carbocycles. The van der Waals surface area contributed by atoms with E-state index < -0.39 is 11.6 Å². The molecule has 0 aliphatic carbocycles. The molecule has 4 amide bonds. The molecule has 2 N–H and O–H groups in total. The molecule has 2 fully saturated rings. The number of nitrogens with zero attached hydrogens (tertiary/aromatic N) is 4. The van der Waals surface area contributed by atoms with Crippen LogP contribution in [-0.2, 0) is 4.79 Å². The summed E-state index contributed by atoms with van der Waals surface area (Å²) in [5.74, 6) is -0.418. The lowest BCUT2D eigenvalue weighted by Crippen LogP contribution is -2.56. The summed E-state index contributed by atoms with van der Waals surface area (Å²) in [6.45, 7) is 2.91. The fraction of sp³-hybridized carbons (Fsp3) is 0.421. The molecular weight excluding hydrogens is 360 g/mol. The number of imide groups is 1. The molecule has 2 saturated heterocycles. The summed E-state index contributed by atoms with van der Waals surface area (Å²) in [6, 6.07) is 8.94. The lowest BCUT2D eigenvalue weighted by molar-refractivity contribution is -0.126. The van der Waals surface area contributed by atoms with Crippen LogP contribution in [0.5, 0.6) is 0 Å². The number of carbonyl (C=O) groups excluding carboxylic acids is 3. The summed E-state index contributed by atoms with van der Waals surface area (Å²) < 4.78 is 1.53. The average molecular weight is 382 g/mol. The van der Waals surface area contributed by atoms with Gasteiger partial charge in [0.05, 0.1) is 11.9 Å². The number of aromatic nitrogens is 3. The van der Waals surface area contributed by atoms with Gasteiger partial charge in [-0.05, 0) is 37.3 Å². The predicted molar refractivity (Wildman–Crippen MR) is 99.7 cm³/mol. The molecule has 0 bridgehead atoms. The molecule has 1 aromatic heterocycles. The zero-order valence-electron chi connectivity index (χ0n) is 15.6. The fourth-order valence-corrected chi connectivity index (χ4v) is 4.21. The van der Waals surface area contributed by atoms with Crippen LogP contribution in [0, 0.1) is 5.92 Å². The Morgan fingerprint density at radius 1 is 1.21 bits per heavy atom. The van der Waals surface area contributed by atoms with Crippen LogP contribution in [0.3, 0.4) is 0 Å². The Balaban J connectivity index is 1.48. The number of nitrogens with one attached hydrogen (secondary N) is 2. The van der Waals surface area contributed by atoms with E-state index in [1.165, 1.54) is 10.9 Å². The Morgan fingerprint density at radius 2 is 1.93 bits per heavy atom. The predicted octanol–water partition coefficient (Wildman–Crippen LogP) is 1.11. The van der Waals surface area contributed by atoms with E-state index >= 15 is 0 Å². The van der Waals surface area contributed by atoms with Crippen molar-refractivity contribution in [3.05, 3.63) is 42.2 Å². The number of likely N-dealkylation sites (tertiary alicyclic amines) is 1. The van der Waals surface area contributed by atoms with E-state index in [1.807, 2.05) is 37.3 Å². The van der Waals surface area contributed by atoms with Crippen LogP contribution in [0.25, 0.3) is 5.69 Å². The second kappa shape index (κ2) is 7.06. The molecule has 0 radical (unpaired) electrons. The SMILES string of the molecule is CC[C@@]1(C2CCN(C(=O)c3cnnn3-c3ccccc3)CC2)NC(=O)NC1=O. The summed E-state index contributed by atoms with van der Waals surface area (Å²) in [6.07, 6.45) is 3.27. The van der Waals surface area contributed by atoms with Crippen molar-refractivity contribution in [2.75, 3.05) is 13.1 Å². The van der Waals surface area contributed by atoms with E-state index in [9.17, 15) is 14.4 Å². The van der Waals surface area contributed by atoms with Crippen LogP contribution in [0.1, 0.15) is 36.7 Å². The highest BCUT2D eigenvalue weighted by atomic mass is 16.2. The van der Waals surface area contributed by atoms with E-state index in [4.69, 9.17) is 0 Å². The number of carbonyl (C=O) groups is 3. The lowest BCUT2D eigenvalue weighted by atomic mass is 9.76. The molecule has 0 saturated carbocycles. The maximum Gasteiger partial charge on any atom is 0.322 e. The first-order valence-corrected chi connectivity index (χ1v) is 9.44. The van der Waals surface area contributed by atoms with Gasteiger partial charge in [-0.25, -0.2) is 9.48 Å². The van der Waals surface area contributed by atoms with Gasteiger partial charge in [0.2, 0.25) is 0 Å². The first kappa shape index (κ1) is 18.1. The van der Waals surface area contributed by atoms with Crippen LogP contribution >= 0.6 is 0 Å². The fourth-order valence-electron chi connectivity index (χ4n) is 4.21. The minimum Gasteiger partial charge on any atom is -0.337 e. The van der Waals surface area contributed by atoms with Gasteiger partial charge in [-0.2, -0.15) is 0 Å². The molecule has 146 valence electrons. The maximum atomic E-state index is 13.0. The van der Waals surface area contributed by atoms with Gasteiger partial charge >= 0.3 is 6.03 Å². The van der Waals surface area contributed by atoms with Crippen LogP contribution < -0.4 is 10.6 Å². The number of urea groups is 1. The zero-order valence-corrected chi connectivity index (χ0v) is 15.6. The van der Waals surface area contributed by atoms with Crippen molar-refractivity contribution in [2.24, 2.45) is 5.92 Å². The van der Waals surface area contributed by atoms with Crippen molar-refractivity contribution < 1.29 is 14.4 Å². The van der Waals surface area contributed by atoms with Crippen LogP contribution in [0.15, 0.2) is 36.5 Å². The van der Waals surface area contributed by atoms with Crippen LogP contribution in [0.4, 0.5) is 4.79 Å². The normalized spacial score (nSPS) is 22.8. The number of benzene rings is 1. The van der Waals surface area contributed by atoms with Crippen LogP contribution in [0.2, 0.25) is 0 Å². The van der Waals surface area contributed by atoms with Crippen molar-refractivity contribution >= 4 is 17.8 Å². The summed E-state index contributed by atoms with van der Waals surface area (Å²) in [4.78, 5) is 38.8. The Morgan fingerprint density at radius 3 is 2.54 bits per heavy atom. The molecule has 1 atom stereocenters. The number of amides is 4. The molecular formula is C19H22N6O3. The van der Waals surface area contributed by atoms with Gasteiger partial charge in [-0.1, -0.05) is 30.3 Å². The topological polar surface area (TPSA) is 109 Å². The number of hydrogen-bond acceptors (Lipinski definition) is 5. The number of piperidine rings is 1. The van der Waals surface area contributed by atoms with E-state index in [0.717, 1.165) is 5.69 Å². The Kier molecular flexibility index (Phi) is 4.58. The molecule has 0 unspecified atom stereocenters. The minimum atomic E-state index is -0.875. The molecule has 2 aromatic rings. The molecule has 28 heavy (non-hydrogen) atoms. The van der Waals surface area contributed by atoms with Crippen molar-refractivity contribution in [1.82, 2.24) is 30.5 Å². The van der Waals surface area contributed by atoms with Crippen molar-refractivity contribution in [2.45, 2.75) is 31.7 Å². The molecule has 4 rings (SSSR count). The first-order valence-electron chi connectivity index (χ1n) is 9.44. The quantitative estimate of drug-likeness (QED) is 0.770. The first-order chi connectivity index (χ1) is 13.5. The van der Waals surface area contributed by atoms with E-state index in [0.29, 0.717) is 38.0 Å². The minimum absolute atomic E-state index is 0.00911. The highest BCUT2D eigenvalue weighted by Gasteiger charge is 2.51. The van der Waals surface area contributed by atoms with E-state index in [2.05, 4.69) is 20.9 Å². The van der Waals surface area contributed by atoms with E-state index in [1.54, 1.807) is 4.90 Å². The largest absolute Gasteiger partial charge is 0.337 e. The second-order valence-corrected chi connectivity index (χ2v) is 7.17. The standard InChI is InChI=1S/C19H22N6O3/c1-2-19(17(27)21-18(28)22-19)13-8-10-24(11-9-13)16(26)15-12-20-23-25(15)14-6-4-3-5-7-14/h3-7,12-13H,2,8-11H2,1H3,(H2,21,22,27,28)/t19-/m0/s1. The monoisotopic (exact) mass is 382 g/mol. The zero-order chi connectivity index (χ0) is 19.7. The third kappa shape index (κ3) is 2.92. The summed E-state index contributed by atoms with van der Waals surface area (Å²) >= 11 is 0.